The van der Waals surface area contributed by atoms with Crippen molar-refractivity contribution in [1.82, 2.24) is 0 Å². The quantitative estimate of drug-likeness (QED) is 0.388. The summed E-state index contributed by atoms with van der Waals surface area (Å²) in [6, 6.07) is 0. The van der Waals surface area contributed by atoms with Gasteiger partial charge in [0, 0.05) is 12.7 Å². The summed E-state index contributed by atoms with van der Waals surface area (Å²) in [4.78, 5) is 22.2. The SMILES string of the molecule is C=CC(=O)OCCCCOC1CCC(C(=O)OC)CC1. The summed E-state index contributed by atoms with van der Waals surface area (Å²) in [7, 11) is 1.43. The van der Waals surface area contributed by atoms with E-state index in [9.17, 15) is 9.59 Å². The lowest BCUT2D eigenvalue weighted by molar-refractivity contribution is -0.147. The fourth-order valence-corrected chi connectivity index (χ4v) is 2.32. The van der Waals surface area contributed by atoms with Crippen LogP contribution < -0.4 is 0 Å². The Hall–Kier alpha value is -1.36. The molecule has 1 fully saturated rings. The van der Waals surface area contributed by atoms with Gasteiger partial charge in [0.25, 0.3) is 0 Å². The molecule has 0 heterocycles. The zero-order valence-corrected chi connectivity index (χ0v) is 12.1. The van der Waals surface area contributed by atoms with Crippen LogP contribution in [0.25, 0.3) is 0 Å². The van der Waals surface area contributed by atoms with Crippen molar-refractivity contribution in [2.75, 3.05) is 20.3 Å². The van der Waals surface area contributed by atoms with Crippen molar-refractivity contribution in [3.8, 4) is 0 Å². The molecule has 114 valence electrons. The Morgan fingerprint density at radius 2 is 1.80 bits per heavy atom. The highest BCUT2D eigenvalue weighted by atomic mass is 16.5. The van der Waals surface area contributed by atoms with E-state index < -0.39 is 0 Å². The topological polar surface area (TPSA) is 61.8 Å². The van der Waals surface area contributed by atoms with Gasteiger partial charge in [-0.2, -0.15) is 0 Å². The molecular weight excluding hydrogens is 260 g/mol. The van der Waals surface area contributed by atoms with E-state index in [0.29, 0.717) is 13.2 Å². The molecule has 0 amide bonds. The molecule has 5 heteroatoms. The zero-order valence-electron chi connectivity index (χ0n) is 12.1. The molecule has 0 spiro atoms. The minimum absolute atomic E-state index is 0.0400. The van der Waals surface area contributed by atoms with Crippen LogP contribution in [0.3, 0.4) is 0 Å². The first-order valence-electron chi connectivity index (χ1n) is 7.16. The summed E-state index contributed by atoms with van der Waals surface area (Å²) in [5.74, 6) is -0.447. The molecule has 0 aliphatic heterocycles. The summed E-state index contributed by atoms with van der Waals surface area (Å²) in [6.45, 7) is 4.40. The first-order chi connectivity index (χ1) is 9.67. The van der Waals surface area contributed by atoms with E-state index >= 15 is 0 Å². The summed E-state index contributed by atoms with van der Waals surface area (Å²) in [5.41, 5.74) is 0. The molecule has 1 rings (SSSR count). The van der Waals surface area contributed by atoms with E-state index in [1.807, 2.05) is 0 Å². The Labute approximate surface area is 120 Å². The van der Waals surface area contributed by atoms with Gasteiger partial charge in [-0.25, -0.2) is 4.79 Å². The Balaban J connectivity index is 2.00. The van der Waals surface area contributed by atoms with Gasteiger partial charge in [0.2, 0.25) is 0 Å². The van der Waals surface area contributed by atoms with E-state index in [4.69, 9.17) is 14.2 Å². The van der Waals surface area contributed by atoms with Crippen LogP contribution in [0.1, 0.15) is 38.5 Å². The number of rotatable bonds is 8. The Bertz CT molecular complexity index is 318. The highest BCUT2D eigenvalue weighted by molar-refractivity contribution is 5.81. The molecule has 5 nitrogen and oxygen atoms in total. The van der Waals surface area contributed by atoms with E-state index in [-0.39, 0.29) is 24.0 Å². The Morgan fingerprint density at radius 1 is 1.15 bits per heavy atom. The number of hydrogen-bond donors (Lipinski definition) is 0. The van der Waals surface area contributed by atoms with Gasteiger partial charge in [-0.3, -0.25) is 4.79 Å². The average molecular weight is 284 g/mol. The van der Waals surface area contributed by atoms with Gasteiger partial charge in [-0.1, -0.05) is 6.58 Å². The first-order valence-corrected chi connectivity index (χ1v) is 7.16. The lowest BCUT2D eigenvalue weighted by Crippen LogP contribution is -2.27. The third-order valence-electron chi connectivity index (χ3n) is 3.51. The molecular formula is C15H24O5. The van der Waals surface area contributed by atoms with Gasteiger partial charge in [0.1, 0.15) is 0 Å². The molecule has 1 aliphatic carbocycles. The van der Waals surface area contributed by atoms with Crippen molar-refractivity contribution in [3.05, 3.63) is 12.7 Å². The first kappa shape index (κ1) is 16.7. The number of hydrogen-bond acceptors (Lipinski definition) is 5. The highest BCUT2D eigenvalue weighted by Crippen LogP contribution is 2.27. The number of esters is 2. The summed E-state index contributed by atoms with van der Waals surface area (Å²) < 4.78 is 15.4. The molecule has 0 radical (unpaired) electrons. The van der Waals surface area contributed by atoms with Crippen LogP contribution in [0.2, 0.25) is 0 Å². The minimum Gasteiger partial charge on any atom is -0.469 e. The third-order valence-corrected chi connectivity index (χ3v) is 3.51. The maximum Gasteiger partial charge on any atom is 0.330 e. The largest absolute Gasteiger partial charge is 0.469 e. The van der Waals surface area contributed by atoms with Gasteiger partial charge in [-0.05, 0) is 38.5 Å². The molecule has 20 heavy (non-hydrogen) atoms. The van der Waals surface area contributed by atoms with Gasteiger partial charge in [-0.15, -0.1) is 0 Å². The molecule has 1 saturated carbocycles. The van der Waals surface area contributed by atoms with Crippen LogP contribution in [0.15, 0.2) is 12.7 Å². The molecule has 0 unspecified atom stereocenters. The van der Waals surface area contributed by atoms with Crippen LogP contribution in [-0.2, 0) is 23.8 Å². The van der Waals surface area contributed by atoms with Crippen LogP contribution in [-0.4, -0.2) is 38.4 Å². The van der Waals surface area contributed by atoms with Gasteiger partial charge in [0.05, 0.1) is 25.7 Å². The number of methoxy groups -OCH3 is 1. The fourth-order valence-electron chi connectivity index (χ4n) is 2.32. The summed E-state index contributed by atoms with van der Waals surface area (Å²) in [5, 5.41) is 0. The maximum atomic E-state index is 11.4. The summed E-state index contributed by atoms with van der Waals surface area (Å²) in [6.07, 6.45) is 6.56. The fraction of sp³-hybridized carbons (Fsp3) is 0.733. The molecule has 0 aromatic rings. The molecule has 0 saturated heterocycles. The van der Waals surface area contributed by atoms with E-state index in [0.717, 1.165) is 44.6 Å². The predicted molar refractivity (Wildman–Crippen MR) is 74.1 cm³/mol. The van der Waals surface area contributed by atoms with Crippen molar-refractivity contribution in [1.29, 1.82) is 0 Å². The van der Waals surface area contributed by atoms with E-state index in [2.05, 4.69) is 6.58 Å². The van der Waals surface area contributed by atoms with Crippen molar-refractivity contribution < 1.29 is 23.8 Å². The van der Waals surface area contributed by atoms with Crippen LogP contribution >= 0.6 is 0 Å². The van der Waals surface area contributed by atoms with Crippen molar-refractivity contribution >= 4 is 11.9 Å². The maximum absolute atomic E-state index is 11.4. The Morgan fingerprint density at radius 3 is 2.40 bits per heavy atom. The predicted octanol–water partition coefficient (Wildman–Crippen LogP) is 2.24. The Kier molecular flexibility index (Phi) is 7.95. The van der Waals surface area contributed by atoms with Crippen molar-refractivity contribution in [2.24, 2.45) is 5.92 Å². The number of unbranched alkanes of at least 4 members (excludes halogenated alkanes) is 1. The molecule has 0 atom stereocenters. The second kappa shape index (κ2) is 9.53. The minimum atomic E-state index is -0.382. The lowest BCUT2D eigenvalue weighted by atomic mass is 9.87. The van der Waals surface area contributed by atoms with E-state index in [1.165, 1.54) is 7.11 Å². The van der Waals surface area contributed by atoms with Crippen LogP contribution in [0.4, 0.5) is 0 Å². The van der Waals surface area contributed by atoms with Crippen molar-refractivity contribution in [3.63, 3.8) is 0 Å². The standard InChI is InChI=1S/C15H24O5/c1-3-14(16)20-11-5-4-10-19-13-8-6-12(7-9-13)15(17)18-2/h3,12-13H,1,4-11H2,2H3. The van der Waals surface area contributed by atoms with Gasteiger partial charge < -0.3 is 14.2 Å². The number of carbonyl (C=O) groups is 2. The van der Waals surface area contributed by atoms with E-state index in [1.54, 1.807) is 0 Å². The number of carbonyl (C=O) groups excluding carboxylic acids is 2. The molecule has 1 aliphatic rings. The second-order valence-electron chi connectivity index (χ2n) is 4.95. The normalized spacial score (nSPS) is 22.1. The smallest absolute Gasteiger partial charge is 0.330 e. The van der Waals surface area contributed by atoms with Crippen LogP contribution in [0.5, 0.6) is 0 Å². The van der Waals surface area contributed by atoms with Gasteiger partial charge in [0.15, 0.2) is 0 Å². The third kappa shape index (κ3) is 6.19. The molecule has 0 bridgehead atoms. The molecule has 0 aromatic heterocycles. The second-order valence-corrected chi connectivity index (χ2v) is 4.95. The lowest BCUT2D eigenvalue weighted by Gasteiger charge is -2.26. The molecule has 0 N–H and O–H groups in total. The zero-order chi connectivity index (χ0) is 14.8. The molecule has 0 aromatic carbocycles. The monoisotopic (exact) mass is 284 g/mol. The highest BCUT2D eigenvalue weighted by Gasteiger charge is 2.26. The van der Waals surface area contributed by atoms with Gasteiger partial charge >= 0.3 is 11.9 Å². The van der Waals surface area contributed by atoms with Crippen LogP contribution in [0, 0.1) is 5.92 Å². The van der Waals surface area contributed by atoms with Crippen molar-refractivity contribution in [2.45, 2.75) is 44.6 Å². The average Bonchev–Trinajstić information content (AvgIpc) is 2.50. The summed E-state index contributed by atoms with van der Waals surface area (Å²) >= 11 is 0. The number of ether oxygens (including phenoxy) is 3.